The number of fused-ring (bicyclic) bond motifs is 1. The first-order chi connectivity index (χ1) is 10.8. The van der Waals surface area contributed by atoms with Crippen LogP contribution in [-0.2, 0) is 19.1 Å². The minimum atomic E-state index is -0.762. The summed E-state index contributed by atoms with van der Waals surface area (Å²) in [4.78, 5) is 38.3. The standard InChI is InChI=1S/C15H24N2O5S/c1-5-7-21-12(18)9-11-17(14(20)16-9)10(15(3,4)23-11)13(19)22-8-6-2/h9-11H,5-8H2,1-4H3,(H,16,20)/t9-,10-,11+/m0/s1. The Kier molecular flexibility index (Phi) is 5.44. The van der Waals surface area contributed by atoms with Gasteiger partial charge in [-0.2, -0.15) is 0 Å². The summed E-state index contributed by atoms with van der Waals surface area (Å²) in [7, 11) is 0. The molecule has 0 aromatic heterocycles. The lowest BCUT2D eigenvalue weighted by Gasteiger charge is -2.28. The molecular weight excluding hydrogens is 320 g/mol. The van der Waals surface area contributed by atoms with Gasteiger partial charge in [-0.1, -0.05) is 13.8 Å². The van der Waals surface area contributed by atoms with Gasteiger partial charge in [0.05, 0.1) is 13.2 Å². The lowest BCUT2D eigenvalue weighted by Crippen LogP contribution is -2.50. The molecular formula is C15H24N2O5S. The van der Waals surface area contributed by atoms with E-state index in [0.717, 1.165) is 0 Å². The summed E-state index contributed by atoms with van der Waals surface area (Å²) in [5.41, 5.74) is 0. The van der Waals surface area contributed by atoms with E-state index in [1.54, 1.807) is 0 Å². The second-order valence-corrected chi connectivity index (χ2v) is 7.95. The zero-order valence-corrected chi connectivity index (χ0v) is 14.8. The predicted molar refractivity (Wildman–Crippen MR) is 85.9 cm³/mol. The average Bonchev–Trinajstić information content (AvgIpc) is 2.94. The summed E-state index contributed by atoms with van der Waals surface area (Å²) in [5, 5.41) is 2.17. The Morgan fingerprint density at radius 3 is 2.30 bits per heavy atom. The fraction of sp³-hybridized carbons (Fsp3) is 0.800. The van der Waals surface area contributed by atoms with Crippen LogP contribution in [0.15, 0.2) is 0 Å². The first-order valence-electron chi connectivity index (χ1n) is 7.93. The number of esters is 2. The zero-order valence-electron chi connectivity index (χ0n) is 14.0. The molecule has 0 aromatic carbocycles. The maximum Gasteiger partial charge on any atom is 0.331 e. The Morgan fingerprint density at radius 1 is 1.17 bits per heavy atom. The lowest BCUT2D eigenvalue weighted by atomic mass is 10.0. The number of ether oxygens (including phenoxy) is 2. The molecule has 0 aromatic rings. The number of urea groups is 1. The summed E-state index contributed by atoms with van der Waals surface area (Å²) >= 11 is 1.42. The highest BCUT2D eigenvalue weighted by molar-refractivity contribution is 8.01. The zero-order chi connectivity index (χ0) is 17.2. The van der Waals surface area contributed by atoms with Crippen LogP contribution in [0.1, 0.15) is 40.5 Å². The fourth-order valence-corrected chi connectivity index (χ4v) is 4.41. The van der Waals surface area contributed by atoms with Crippen molar-refractivity contribution >= 4 is 29.7 Å². The number of amides is 2. The number of carbonyl (C=O) groups is 3. The molecule has 0 unspecified atom stereocenters. The van der Waals surface area contributed by atoms with Crippen molar-refractivity contribution in [3.8, 4) is 0 Å². The van der Waals surface area contributed by atoms with Crippen molar-refractivity contribution in [2.75, 3.05) is 13.2 Å². The molecule has 7 nitrogen and oxygen atoms in total. The summed E-state index contributed by atoms with van der Waals surface area (Å²) < 4.78 is 9.86. The van der Waals surface area contributed by atoms with E-state index in [0.29, 0.717) is 26.1 Å². The van der Waals surface area contributed by atoms with E-state index < -0.39 is 40.2 Å². The van der Waals surface area contributed by atoms with Gasteiger partial charge in [-0.3, -0.25) is 4.90 Å². The summed E-state index contributed by atoms with van der Waals surface area (Å²) in [6, 6.07) is -1.90. The number of rotatable bonds is 6. The minimum Gasteiger partial charge on any atom is -0.464 e. The lowest BCUT2D eigenvalue weighted by molar-refractivity contribution is -0.150. The third kappa shape index (κ3) is 3.41. The molecule has 0 bridgehead atoms. The van der Waals surface area contributed by atoms with Crippen molar-refractivity contribution in [1.29, 1.82) is 0 Å². The Morgan fingerprint density at radius 2 is 1.74 bits per heavy atom. The van der Waals surface area contributed by atoms with Gasteiger partial charge in [0.25, 0.3) is 0 Å². The topological polar surface area (TPSA) is 84.9 Å². The average molecular weight is 344 g/mol. The molecule has 130 valence electrons. The fourth-order valence-electron chi connectivity index (χ4n) is 2.80. The summed E-state index contributed by atoms with van der Waals surface area (Å²) in [6.07, 6.45) is 1.43. The molecule has 0 radical (unpaired) electrons. The van der Waals surface area contributed by atoms with Crippen LogP contribution >= 0.6 is 11.8 Å². The van der Waals surface area contributed by atoms with Gasteiger partial charge >= 0.3 is 18.0 Å². The molecule has 0 saturated carbocycles. The highest BCUT2D eigenvalue weighted by atomic mass is 32.2. The van der Waals surface area contributed by atoms with Crippen LogP contribution in [-0.4, -0.2) is 58.3 Å². The van der Waals surface area contributed by atoms with Crippen molar-refractivity contribution in [2.24, 2.45) is 0 Å². The van der Waals surface area contributed by atoms with E-state index in [1.807, 2.05) is 27.7 Å². The smallest absolute Gasteiger partial charge is 0.331 e. The Bertz CT molecular complexity index is 496. The summed E-state index contributed by atoms with van der Waals surface area (Å²) in [5.74, 6) is -0.886. The van der Waals surface area contributed by atoms with Crippen molar-refractivity contribution in [1.82, 2.24) is 10.2 Å². The van der Waals surface area contributed by atoms with Crippen molar-refractivity contribution in [3.63, 3.8) is 0 Å². The number of thioether (sulfide) groups is 1. The normalized spacial score (nSPS) is 28.3. The molecule has 2 fully saturated rings. The number of hydrogen-bond donors (Lipinski definition) is 1. The molecule has 1 N–H and O–H groups in total. The first-order valence-corrected chi connectivity index (χ1v) is 8.81. The highest BCUT2D eigenvalue weighted by Crippen LogP contribution is 2.48. The van der Waals surface area contributed by atoms with E-state index in [-0.39, 0.29) is 0 Å². The maximum absolute atomic E-state index is 12.4. The third-order valence-corrected chi connectivity index (χ3v) is 5.38. The number of hydrogen-bond acceptors (Lipinski definition) is 6. The van der Waals surface area contributed by atoms with Gasteiger partial charge in [0.2, 0.25) is 0 Å². The van der Waals surface area contributed by atoms with Crippen molar-refractivity contribution in [2.45, 2.75) is 62.7 Å². The summed E-state index contributed by atoms with van der Waals surface area (Å²) in [6.45, 7) is 8.21. The molecule has 0 spiro atoms. The van der Waals surface area contributed by atoms with Crippen LogP contribution in [0.3, 0.4) is 0 Å². The predicted octanol–water partition coefficient (Wildman–Crippen LogP) is 1.51. The van der Waals surface area contributed by atoms with Gasteiger partial charge in [0, 0.05) is 4.75 Å². The van der Waals surface area contributed by atoms with Crippen molar-refractivity contribution < 1.29 is 23.9 Å². The molecule has 2 aliphatic rings. The maximum atomic E-state index is 12.4. The molecule has 8 heteroatoms. The number of nitrogens with one attached hydrogen (secondary N) is 1. The second kappa shape index (κ2) is 6.98. The van der Waals surface area contributed by atoms with E-state index in [4.69, 9.17) is 9.47 Å². The van der Waals surface area contributed by atoms with Crippen LogP contribution in [0, 0.1) is 0 Å². The molecule has 2 saturated heterocycles. The second-order valence-electron chi connectivity index (χ2n) is 6.18. The molecule has 0 aliphatic carbocycles. The van der Waals surface area contributed by atoms with Gasteiger partial charge in [-0.15, -0.1) is 11.8 Å². The molecule has 3 atom stereocenters. The molecule has 2 heterocycles. The quantitative estimate of drug-likeness (QED) is 0.735. The SMILES string of the molecule is CCCOC(=O)[C@H]1NC(=O)N2[C@@H]1SC(C)(C)[C@@H]2C(=O)OCCC. The molecule has 2 rings (SSSR count). The molecule has 2 aliphatic heterocycles. The monoisotopic (exact) mass is 344 g/mol. The minimum absolute atomic E-state index is 0.313. The molecule has 2 amide bonds. The van der Waals surface area contributed by atoms with Crippen LogP contribution in [0.4, 0.5) is 4.79 Å². The number of nitrogens with zero attached hydrogens (tertiary/aromatic N) is 1. The van der Waals surface area contributed by atoms with E-state index in [2.05, 4.69) is 5.32 Å². The first kappa shape index (κ1) is 17.9. The molecule has 23 heavy (non-hydrogen) atoms. The van der Waals surface area contributed by atoms with E-state index in [1.165, 1.54) is 16.7 Å². The van der Waals surface area contributed by atoms with Gasteiger partial charge in [-0.25, -0.2) is 14.4 Å². The van der Waals surface area contributed by atoms with Gasteiger partial charge < -0.3 is 14.8 Å². The van der Waals surface area contributed by atoms with Crippen LogP contribution < -0.4 is 5.32 Å². The van der Waals surface area contributed by atoms with Crippen LogP contribution in [0.25, 0.3) is 0 Å². The van der Waals surface area contributed by atoms with Crippen molar-refractivity contribution in [3.05, 3.63) is 0 Å². The van der Waals surface area contributed by atoms with Crippen LogP contribution in [0.2, 0.25) is 0 Å². The van der Waals surface area contributed by atoms with Gasteiger partial charge in [0.1, 0.15) is 11.4 Å². The highest BCUT2D eigenvalue weighted by Gasteiger charge is 2.61. The number of carbonyl (C=O) groups excluding carboxylic acids is 3. The van der Waals surface area contributed by atoms with Crippen LogP contribution in [0.5, 0.6) is 0 Å². The van der Waals surface area contributed by atoms with Gasteiger partial charge in [0.15, 0.2) is 6.04 Å². The Hall–Kier alpha value is -1.44. The van der Waals surface area contributed by atoms with E-state index >= 15 is 0 Å². The Balaban J connectivity index is 2.18. The largest absolute Gasteiger partial charge is 0.464 e. The van der Waals surface area contributed by atoms with E-state index in [9.17, 15) is 14.4 Å². The third-order valence-electron chi connectivity index (χ3n) is 3.81. The van der Waals surface area contributed by atoms with Gasteiger partial charge in [-0.05, 0) is 26.7 Å². The Labute approximate surface area is 140 Å².